The summed E-state index contributed by atoms with van der Waals surface area (Å²) in [7, 11) is 0. The van der Waals surface area contributed by atoms with Crippen molar-refractivity contribution in [1.82, 2.24) is 4.90 Å². The standard InChI is InChI=1S/C18H21ClN2O/c1-14-17(19)3-2-4-18(14)20-16-7-5-15(6-8-16)13-21-9-11-22-12-10-21/h2-8,20H,9-13H2,1H3. The molecule has 1 fully saturated rings. The number of halogens is 1. The Labute approximate surface area is 136 Å². The molecule has 1 N–H and O–H groups in total. The van der Waals surface area contributed by atoms with Gasteiger partial charge in [0.15, 0.2) is 0 Å². The van der Waals surface area contributed by atoms with Crippen LogP contribution < -0.4 is 5.32 Å². The molecule has 0 unspecified atom stereocenters. The predicted octanol–water partition coefficient (Wildman–Crippen LogP) is 4.22. The summed E-state index contributed by atoms with van der Waals surface area (Å²) >= 11 is 6.16. The van der Waals surface area contributed by atoms with Crippen molar-refractivity contribution in [1.29, 1.82) is 0 Å². The number of anilines is 2. The number of benzene rings is 2. The van der Waals surface area contributed by atoms with E-state index < -0.39 is 0 Å². The van der Waals surface area contributed by atoms with Crippen molar-refractivity contribution in [3.8, 4) is 0 Å². The lowest BCUT2D eigenvalue weighted by Crippen LogP contribution is -2.35. The lowest BCUT2D eigenvalue weighted by molar-refractivity contribution is 0.0342. The fourth-order valence-electron chi connectivity index (χ4n) is 2.61. The van der Waals surface area contributed by atoms with E-state index in [0.717, 1.165) is 54.8 Å². The van der Waals surface area contributed by atoms with Crippen molar-refractivity contribution in [3.63, 3.8) is 0 Å². The monoisotopic (exact) mass is 316 g/mol. The number of hydrogen-bond acceptors (Lipinski definition) is 3. The van der Waals surface area contributed by atoms with E-state index in [-0.39, 0.29) is 0 Å². The number of nitrogens with zero attached hydrogens (tertiary/aromatic N) is 1. The van der Waals surface area contributed by atoms with E-state index in [2.05, 4.69) is 34.5 Å². The Kier molecular flexibility index (Phi) is 4.98. The molecule has 2 aromatic rings. The second kappa shape index (κ2) is 7.14. The van der Waals surface area contributed by atoms with Gasteiger partial charge in [0.05, 0.1) is 13.2 Å². The Morgan fingerprint density at radius 3 is 2.55 bits per heavy atom. The smallest absolute Gasteiger partial charge is 0.0594 e. The summed E-state index contributed by atoms with van der Waals surface area (Å²) in [6.45, 7) is 6.72. The Balaban J connectivity index is 1.65. The molecule has 0 amide bonds. The highest BCUT2D eigenvalue weighted by Gasteiger charge is 2.10. The van der Waals surface area contributed by atoms with Crippen LogP contribution in [-0.4, -0.2) is 31.2 Å². The lowest BCUT2D eigenvalue weighted by atomic mass is 10.1. The van der Waals surface area contributed by atoms with Gasteiger partial charge in [-0.15, -0.1) is 0 Å². The van der Waals surface area contributed by atoms with Crippen LogP contribution in [0, 0.1) is 6.92 Å². The highest BCUT2D eigenvalue weighted by atomic mass is 35.5. The highest BCUT2D eigenvalue weighted by molar-refractivity contribution is 6.31. The van der Waals surface area contributed by atoms with E-state index in [9.17, 15) is 0 Å². The molecule has 3 rings (SSSR count). The Morgan fingerprint density at radius 1 is 1.09 bits per heavy atom. The Morgan fingerprint density at radius 2 is 1.82 bits per heavy atom. The summed E-state index contributed by atoms with van der Waals surface area (Å²) in [5.74, 6) is 0. The van der Waals surface area contributed by atoms with Crippen LogP contribution >= 0.6 is 11.6 Å². The van der Waals surface area contributed by atoms with Crippen LogP contribution in [-0.2, 0) is 11.3 Å². The molecule has 1 aliphatic rings. The third-order valence-electron chi connectivity index (χ3n) is 4.01. The van der Waals surface area contributed by atoms with E-state index in [4.69, 9.17) is 16.3 Å². The van der Waals surface area contributed by atoms with Gasteiger partial charge in [0.2, 0.25) is 0 Å². The molecule has 0 radical (unpaired) electrons. The van der Waals surface area contributed by atoms with Crippen LogP contribution in [0.1, 0.15) is 11.1 Å². The molecule has 4 heteroatoms. The van der Waals surface area contributed by atoms with Gasteiger partial charge in [-0.05, 0) is 42.3 Å². The predicted molar refractivity (Wildman–Crippen MR) is 92.0 cm³/mol. The lowest BCUT2D eigenvalue weighted by Gasteiger charge is -2.26. The SMILES string of the molecule is Cc1c(Cl)cccc1Nc1ccc(CN2CCOCC2)cc1. The second-order valence-corrected chi connectivity index (χ2v) is 6.03. The van der Waals surface area contributed by atoms with Crippen LogP contribution in [0.25, 0.3) is 0 Å². The number of nitrogens with one attached hydrogen (secondary N) is 1. The van der Waals surface area contributed by atoms with Gasteiger partial charge in [-0.1, -0.05) is 29.8 Å². The molecule has 1 saturated heterocycles. The molecule has 0 spiro atoms. The molecule has 0 aromatic heterocycles. The van der Waals surface area contributed by atoms with E-state index in [1.165, 1.54) is 5.56 Å². The minimum atomic E-state index is 0.786. The molecular weight excluding hydrogens is 296 g/mol. The van der Waals surface area contributed by atoms with E-state index in [1.54, 1.807) is 0 Å². The molecule has 1 heterocycles. The third-order valence-corrected chi connectivity index (χ3v) is 4.42. The minimum absolute atomic E-state index is 0.786. The zero-order chi connectivity index (χ0) is 15.4. The molecule has 1 aliphatic heterocycles. The molecule has 0 bridgehead atoms. The van der Waals surface area contributed by atoms with E-state index in [1.807, 2.05) is 25.1 Å². The van der Waals surface area contributed by atoms with Crippen molar-refractivity contribution in [3.05, 3.63) is 58.6 Å². The van der Waals surface area contributed by atoms with Crippen LogP contribution in [0.2, 0.25) is 5.02 Å². The summed E-state index contributed by atoms with van der Waals surface area (Å²) in [4.78, 5) is 2.42. The van der Waals surface area contributed by atoms with Gasteiger partial charge in [-0.25, -0.2) is 0 Å². The fraction of sp³-hybridized carbons (Fsp3) is 0.333. The zero-order valence-electron chi connectivity index (χ0n) is 12.8. The number of ether oxygens (including phenoxy) is 1. The first-order valence-electron chi connectivity index (χ1n) is 7.63. The molecule has 3 nitrogen and oxygen atoms in total. The Bertz CT molecular complexity index is 621. The minimum Gasteiger partial charge on any atom is -0.379 e. The molecule has 0 aliphatic carbocycles. The maximum absolute atomic E-state index is 6.16. The van der Waals surface area contributed by atoms with Crippen molar-refractivity contribution in [2.75, 3.05) is 31.6 Å². The highest BCUT2D eigenvalue weighted by Crippen LogP contribution is 2.26. The van der Waals surface area contributed by atoms with Gasteiger partial charge >= 0.3 is 0 Å². The number of rotatable bonds is 4. The summed E-state index contributed by atoms with van der Waals surface area (Å²) in [5, 5.41) is 4.21. The van der Waals surface area contributed by atoms with Crippen molar-refractivity contribution >= 4 is 23.0 Å². The van der Waals surface area contributed by atoms with Gasteiger partial charge in [-0.3, -0.25) is 4.90 Å². The molecule has 0 atom stereocenters. The first kappa shape index (κ1) is 15.3. The van der Waals surface area contributed by atoms with Crippen molar-refractivity contribution < 1.29 is 4.74 Å². The summed E-state index contributed by atoms with van der Waals surface area (Å²) < 4.78 is 5.38. The van der Waals surface area contributed by atoms with Gasteiger partial charge < -0.3 is 10.1 Å². The van der Waals surface area contributed by atoms with Crippen LogP contribution in [0.15, 0.2) is 42.5 Å². The van der Waals surface area contributed by atoms with Crippen LogP contribution in [0.3, 0.4) is 0 Å². The summed E-state index contributed by atoms with van der Waals surface area (Å²) in [6.07, 6.45) is 0. The quantitative estimate of drug-likeness (QED) is 0.913. The van der Waals surface area contributed by atoms with Crippen LogP contribution in [0.4, 0.5) is 11.4 Å². The van der Waals surface area contributed by atoms with Gasteiger partial charge in [0.1, 0.15) is 0 Å². The topological polar surface area (TPSA) is 24.5 Å². The van der Waals surface area contributed by atoms with Crippen LogP contribution in [0.5, 0.6) is 0 Å². The molecule has 0 saturated carbocycles. The third kappa shape index (κ3) is 3.80. The first-order valence-corrected chi connectivity index (χ1v) is 8.01. The van der Waals surface area contributed by atoms with Gasteiger partial charge in [0, 0.05) is 36.0 Å². The molecule has 116 valence electrons. The van der Waals surface area contributed by atoms with E-state index >= 15 is 0 Å². The Hall–Kier alpha value is -1.55. The normalized spacial score (nSPS) is 15.7. The van der Waals surface area contributed by atoms with Crippen molar-refractivity contribution in [2.45, 2.75) is 13.5 Å². The maximum Gasteiger partial charge on any atom is 0.0594 e. The average Bonchev–Trinajstić information content (AvgIpc) is 2.55. The summed E-state index contributed by atoms with van der Waals surface area (Å²) in [6, 6.07) is 14.5. The zero-order valence-corrected chi connectivity index (χ0v) is 13.6. The van der Waals surface area contributed by atoms with Gasteiger partial charge in [-0.2, -0.15) is 0 Å². The van der Waals surface area contributed by atoms with E-state index in [0.29, 0.717) is 0 Å². The van der Waals surface area contributed by atoms with Crippen molar-refractivity contribution in [2.24, 2.45) is 0 Å². The molecule has 2 aromatic carbocycles. The largest absolute Gasteiger partial charge is 0.379 e. The maximum atomic E-state index is 6.16. The average molecular weight is 317 g/mol. The fourth-order valence-corrected chi connectivity index (χ4v) is 2.78. The summed E-state index contributed by atoms with van der Waals surface area (Å²) in [5.41, 5.74) is 4.53. The number of morpholine rings is 1. The molecular formula is C18H21ClN2O. The number of hydrogen-bond donors (Lipinski definition) is 1. The second-order valence-electron chi connectivity index (χ2n) is 5.62. The van der Waals surface area contributed by atoms with Gasteiger partial charge in [0.25, 0.3) is 0 Å². The molecule has 22 heavy (non-hydrogen) atoms. The first-order chi connectivity index (χ1) is 10.7.